The summed E-state index contributed by atoms with van der Waals surface area (Å²) in [5, 5.41) is 12.5. The average molecular weight is 368 g/mol. The summed E-state index contributed by atoms with van der Waals surface area (Å²) in [4.78, 5) is 23.7. The van der Waals surface area contributed by atoms with Gasteiger partial charge in [0.05, 0.1) is 12.1 Å². The largest absolute Gasteiger partial charge is 0.353 e. The van der Waals surface area contributed by atoms with Gasteiger partial charge in [-0.25, -0.2) is 4.98 Å². The number of hydrogen-bond donors (Lipinski definition) is 1. The van der Waals surface area contributed by atoms with Crippen LogP contribution in [0.3, 0.4) is 0 Å². The van der Waals surface area contributed by atoms with E-state index in [1.54, 1.807) is 18.3 Å². The third kappa shape index (κ3) is 4.57. The van der Waals surface area contributed by atoms with Crippen molar-refractivity contribution in [1.29, 1.82) is 5.26 Å². The number of piperazine rings is 1. The van der Waals surface area contributed by atoms with Gasteiger partial charge < -0.3 is 15.1 Å². The van der Waals surface area contributed by atoms with E-state index < -0.39 is 0 Å². The lowest BCUT2D eigenvalue weighted by Gasteiger charge is -2.36. The molecule has 0 bridgehead atoms. The Balaban J connectivity index is 1.20. The molecule has 7 heteroatoms. The summed E-state index contributed by atoms with van der Waals surface area (Å²) in [5.41, 5.74) is 0.612. The summed E-state index contributed by atoms with van der Waals surface area (Å²) in [6, 6.07) is 6.97. The maximum Gasteiger partial charge on any atom is 0.234 e. The molecule has 27 heavy (non-hydrogen) atoms. The van der Waals surface area contributed by atoms with Crippen LogP contribution in [0, 0.1) is 11.3 Å². The summed E-state index contributed by atoms with van der Waals surface area (Å²) in [6.07, 6.45) is 6.60. The SMILES string of the molecule is N#Cc1cccnc1N1CCN(CC(=O)NC2CCN(C3CC3)CC2)CC1. The zero-order chi connectivity index (χ0) is 18.6. The zero-order valence-electron chi connectivity index (χ0n) is 15.8. The van der Waals surface area contributed by atoms with Crippen LogP contribution >= 0.6 is 0 Å². The molecule has 144 valence electrons. The van der Waals surface area contributed by atoms with Crippen LogP contribution in [0.2, 0.25) is 0 Å². The number of nitriles is 1. The van der Waals surface area contributed by atoms with E-state index in [4.69, 9.17) is 0 Å². The summed E-state index contributed by atoms with van der Waals surface area (Å²) in [6.45, 7) is 5.92. The lowest BCUT2D eigenvalue weighted by molar-refractivity contribution is -0.123. The highest BCUT2D eigenvalue weighted by molar-refractivity contribution is 5.78. The van der Waals surface area contributed by atoms with Crippen molar-refractivity contribution in [2.75, 3.05) is 50.7 Å². The van der Waals surface area contributed by atoms with Crippen LogP contribution < -0.4 is 10.2 Å². The smallest absolute Gasteiger partial charge is 0.234 e. The maximum absolute atomic E-state index is 12.4. The van der Waals surface area contributed by atoms with Crippen molar-refractivity contribution in [2.24, 2.45) is 0 Å². The van der Waals surface area contributed by atoms with Gasteiger partial charge >= 0.3 is 0 Å². The molecule has 1 aliphatic carbocycles. The number of nitrogens with zero attached hydrogens (tertiary/aromatic N) is 5. The van der Waals surface area contributed by atoms with Crippen LogP contribution in [-0.4, -0.2) is 78.6 Å². The summed E-state index contributed by atoms with van der Waals surface area (Å²) in [7, 11) is 0. The van der Waals surface area contributed by atoms with E-state index >= 15 is 0 Å². The highest BCUT2D eigenvalue weighted by Gasteiger charge is 2.32. The van der Waals surface area contributed by atoms with E-state index in [0.717, 1.165) is 64.0 Å². The Morgan fingerprint density at radius 2 is 1.89 bits per heavy atom. The van der Waals surface area contributed by atoms with Crippen molar-refractivity contribution in [3.8, 4) is 6.07 Å². The molecule has 3 aliphatic rings. The zero-order valence-corrected chi connectivity index (χ0v) is 15.8. The minimum atomic E-state index is 0.142. The van der Waals surface area contributed by atoms with Gasteiger partial charge in [-0.15, -0.1) is 0 Å². The Bertz CT molecular complexity index is 697. The number of likely N-dealkylation sites (tertiary alicyclic amines) is 1. The van der Waals surface area contributed by atoms with Crippen LogP contribution in [0.25, 0.3) is 0 Å². The quantitative estimate of drug-likeness (QED) is 0.829. The molecule has 0 atom stereocenters. The van der Waals surface area contributed by atoms with Crippen molar-refractivity contribution >= 4 is 11.7 Å². The molecule has 2 aliphatic heterocycles. The number of piperidine rings is 1. The Labute approximate surface area is 160 Å². The van der Waals surface area contributed by atoms with Crippen molar-refractivity contribution in [3.05, 3.63) is 23.9 Å². The number of carbonyl (C=O) groups is 1. The standard InChI is InChI=1S/C20H28N6O/c21-14-16-2-1-7-22-20(16)26-12-10-24(11-13-26)15-19(27)23-17-5-8-25(9-6-17)18-3-4-18/h1-2,7,17-18H,3-6,8-13,15H2,(H,23,27). The molecule has 0 radical (unpaired) electrons. The fourth-order valence-corrected chi connectivity index (χ4v) is 4.18. The Morgan fingerprint density at radius 1 is 1.15 bits per heavy atom. The molecular weight excluding hydrogens is 340 g/mol. The predicted octanol–water partition coefficient (Wildman–Crippen LogP) is 0.818. The Hall–Kier alpha value is -2.17. The Morgan fingerprint density at radius 3 is 2.56 bits per heavy atom. The van der Waals surface area contributed by atoms with Gasteiger partial charge in [-0.1, -0.05) is 0 Å². The second-order valence-corrected chi connectivity index (χ2v) is 7.86. The lowest BCUT2D eigenvalue weighted by Crippen LogP contribution is -2.52. The van der Waals surface area contributed by atoms with E-state index in [2.05, 4.69) is 31.1 Å². The normalized spacial score (nSPS) is 22.4. The van der Waals surface area contributed by atoms with E-state index in [1.165, 1.54) is 12.8 Å². The molecule has 1 N–H and O–H groups in total. The Kier molecular flexibility index (Phi) is 5.55. The van der Waals surface area contributed by atoms with E-state index in [1.807, 2.05) is 0 Å². The van der Waals surface area contributed by atoms with E-state index in [0.29, 0.717) is 18.2 Å². The first-order valence-corrected chi connectivity index (χ1v) is 10.1. The summed E-state index contributed by atoms with van der Waals surface area (Å²) < 4.78 is 0. The number of amides is 1. The molecule has 1 saturated carbocycles. The summed E-state index contributed by atoms with van der Waals surface area (Å²) >= 11 is 0. The highest BCUT2D eigenvalue weighted by Crippen LogP contribution is 2.29. The number of carbonyl (C=O) groups excluding carboxylic acids is 1. The molecule has 3 heterocycles. The predicted molar refractivity (Wildman–Crippen MR) is 103 cm³/mol. The number of aromatic nitrogens is 1. The highest BCUT2D eigenvalue weighted by atomic mass is 16.2. The van der Waals surface area contributed by atoms with Gasteiger partial charge in [0, 0.05) is 57.5 Å². The van der Waals surface area contributed by atoms with Gasteiger partial charge in [0.1, 0.15) is 11.9 Å². The van der Waals surface area contributed by atoms with Crippen LogP contribution in [0.4, 0.5) is 5.82 Å². The fraction of sp³-hybridized carbons (Fsp3) is 0.650. The second kappa shape index (κ2) is 8.24. The summed E-state index contributed by atoms with van der Waals surface area (Å²) in [5.74, 6) is 0.899. The molecule has 4 rings (SSSR count). The third-order valence-electron chi connectivity index (χ3n) is 5.90. The topological polar surface area (TPSA) is 75.5 Å². The molecule has 3 fully saturated rings. The molecule has 0 spiro atoms. The van der Waals surface area contributed by atoms with Gasteiger partial charge in [0.2, 0.25) is 5.91 Å². The van der Waals surface area contributed by atoms with Crippen LogP contribution in [0.5, 0.6) is 0 Å². The van der Waals surface area contributed by atoms with Crippen molar-refractivity contribution < 1.29 is 4.79 Å². The molecule has 1 amide bonds. The van der Waals surface area contributed by atoms with E-state index in [-0.39, 0.29) is 5.91 Å². The van der Waals surface area contributed by atoms with Crippen molar-refractivity contribution in [2.45, 2.75) is 37.8 Å². The van der Waals surface area contributed by atoms with Gasteiger partial charge in [0.25, 0.3) is 0 Å². The molecule has 7 nitrogen and oxygen atoms in total. The maximum atomic E-state index is 12.4. The minimum Gasteiger partial charge on any atom is -0.353 e. The molecule has 1 aromatic heterocycles. The van der Waals surface area contributed by atoms with Crippen molar-refractivity contribution in [1.82, 2.24) is 20.1 Å². The van der Waals surface area contributed by atoms with E-state index in [9.17, 15) is 10.1 Å². The second-order valence-electron chi connectivity index (χ2n) is 7.86. The van der Waals surface area contributed by atoms with Crippen molar-refractivity contribution in [3.63, 3.8) is 0 Å². The number of pyridine rings is 1. The van der Waals surface area contributed by atoms with Crippen LogP contribution in [-0.2, 0) is 4.79 Å². The number of rotatable bonds is 5. The molecule has 0 unspecified atom stereocenters. The molecule has 0 aromatic carbocycles. The number of hydrogen-bond acceptors (Lipinski definition) is 6. The monoisotopic (exact) mass is 368 g/mol. The van der Waals surface area contributed by atoms with Gasteiger partial charge in [-0.3, -0.25) is 9.69 Å². The van der Waals surface area contributed by atoms with Gasteiger partial charge in [-0.2, -0.15) is 5.26 Å². The fourth-order valence-electron chi connectivity index (χ4n) is 4.18. The lowest BCUT2D eigenvalue weighted by atomic mass is 10.0. The van der Waals surface area contributed by atoms with Gasteiger partial charge in [-0.05, 0) is 37.8 Å². The first kappa shape index (κ1) is 18.2. The molecule has 2 saturated heterocycles. The average Bonchev–Trinajstić information content (AvgIpc) is 3.54. The van der Waals surface area contributed by atoms with Crippen LogP contribution in [0.15, 0.2) is 18.3 Å². The number of nitrogens with one attached hydrogen (secondary N) is 1. The third-order valence-corrected chi connectivity index (χ3v) is 5.90. The van der Waals surface area contributed by atoms with Gasteiger partial charge in [0.15, 0.2) is 0 Å². The molecular formula is C20H28N6O. The minimum absolute atomic E-state index is 0.142. The first-order valence-electron chi connectivity index (χ1n) is 10.1. The first-order chi connectivity index (χ1) is 13.2. The number of anilines is 1. The van der Waals surface area contributed by atoms with Crippen LogP contribution in [0.1, 0.15) is 31.2 Å². The molecule has 1 aromatic rings.